The van der Waals surface area contributed by atoms with Gasteiger partial charge in [-0.05, 0) is 31.0 Å². The monoisotopic (exact) mass is 493 g/mol. The first-order chi connectivity index (χ1) is 16.0. The van der Waals surface area contributed by atoms with E-state index in [-0.39, 0.29) is 39.0 Å². The van der Waals surface area contributed by atoms with Gasteiger partial charge in [-0.2, -0.15) is 18.3 Å². The fraction of sp³-hybridized carbons (Fsp3) is 0.350. The van der Waals surface area contributed by atoms with Crippen molar-refractivity contribution in [2.75, 3.05) is 5.75 Å². The molecule has 0 amide bonds. The highest BCUT2D eigenvalue weighted by atomic mass is 32.2. The Hall–Kier alpha value is -3.55. The minimum atomic E-state index is -4.75. The van der Waals surface area contributed by atoms with Crippen LogP contribution >= 0.6 is 0 Å². The number of aryl methyl sites for hydroxylation is 1. The minimum Gasteiger partial charge on any atom is -0.321 e. The van der Waals surface area contributed by atoms with Crippen molar-refractivity contribution in [2.45, 2.75) is 36.9 Å². The number of alkyl halides is 3. The number of rotatable bonds is 5. The van der Waals surface area contributed by atoms with Crippen LogP contribution in [-0.2, 0) is 23.1 Å². The van der Waals surface area contributed by atoms with E-state index in [2.05, 4.69) is 20.1 Å². The Morgan fingerprint density at radius 1 is 1.18 bits per heavy atom. The number of imidazole rings is 1. The number of nitrogens with zero attached hydrogens (tertiary/aromatic N) is 7. The number of halogens is 3. The van der Waals surface area contributed by atoms with Crippen LogP contribution in [0.25, 0.3) is 28.4 Å². The molecular formula is C20H18F3N7O3S. The van der Waals surface area contributed by atoms with E-state index in [1.165, 1.54) is 48.0 Å². The predicted molar refractivity (Wildman–Crippen MR) is 114 cm³/mol. The third kappa shape index (κ3) is 3.48. The van der Waals surface area contributed by atoms with Crippen LogP contribution in [0.2, 0.25) is 0 Å². The Labute approximate surface area is 190 Å². The second-order valence-electron chi connectivity index (χ2n) is 7.92. The first-order valence-electron chi connectivity index (χ1n) is 10.3. The predicted octanol–water partition coefficient (Wildman–Crippen LogP) is 2.53. The van der Waals surface area contributed by atoms with Gasteiger partial charge in [-0.25, -0.2) is 28.1 Å². The molecule has 1 aliphatic rings. The number of hydrogen-bond donors (Lipinski definition) is 0. The number of aromatic nitrogens is 7. The van der Waals surface area contributed by atoms with E-state index >= 15 is 0 Å². The topological polar surface area (TPSA) is 118 Å². The minimum absolute atomic E-state index is 0.0530. The highest BCUT2D eigenvalue weighted by molar-refractivity contribution is 7.91. The summed E-state index contributed by atoms with van der Waals surface area (Å²) in [6.45, 7) is 1.46. The second kappa shape index (κ2) is 7.48. The maximum absolute atomic E-state index is 13.7. The number of fused-ring (bicyclic) bond motifs is 1. The van der Waals surface area contributed by atoms with E-state index < -0.39 is 33.3 Å². The van der Waals surface area contributed by atoms with Gasteiger partial charge in [0.2, 0.25) is 0 Å². The Balaban J connectivity index is 1.83. The van der Waals surface area contributed by atoms with Crippen LogP contribution in [0.4, 0.5) is 13.2 Å². The van der Waals surface area contributed by atoms with Crippen LogP contribution in [-0.4, -0.2) is 48.0 Å². The molecule has 0 aliphatic heterocycles. The number of pyridine rings is 2. The summed E-state index contributed by atoms with van der Waals surface area (Å²) < 4.78 is 70.2. The molecule has 178 valence electrons. The van der Waals surface area contributed by atoms with Gasteiger partial charge in [0.15, 0.2) is 21.5 Å². The third-order valence-electron chi connectivity index (χ3n) is 5.70. The molecule has 0 bridgehead atoms. The normalized spacial score (nSPS) is 14.7. The zero-order valence-corrected chi connectivity index (χ0v) is 18.8. The smallest absolute Gasteiger partial charge is 0.321 e. The standard InChI is InChI=1S/C20H18F3N7O3S/c1-3-34(32,33)13-6-7-15(29-10-24-9-25-29)27-16(13)18-26-12-8-14(20(21,22)23)30(11-4-5-11)19(31)17(12)28(18)2/h6-11H,3-5H2,1-2H3. The summed E-state index contributed by atoms with van der Waals surface area (Å²) in [4.78, 5) is 25.5. The van der Waals surface area contributed by atoms with Crippen molar-refractivity contribution >= 4 is 20.9 Å². The average molecular weight is 493 g/mol. The summed E-state index contributed by atoms with van der Waals surface area (Å²) in [5.41, 5.74) is -2.27. The van der Waals surface area contributed by atoms with Crippen LogP contribution in [0, 0.1) is 0 Å². The fourth-order valence-corrected chi connectivity index (χ4v) is 4.90. The Morgan fingerprint density at radius 2 is 1.91 bits per heavy atom. The van der Waals surface area contributed by atoms with Crippen LogP contribution in [0.5, 0.6) is 0 Å². The van der Waals surface area contributed by atoms with Crippen molar-refractivity contribution in [3.8, 4) is 17.3 Å². The van der Waals surface area contributed by atoms with Crippen LogP contribution in [0.15, 0.2) is 40.5 Å². The zero-order valence-electron chi connectivity index (χ0n) is 18.0. The third-order valence-corrected chi connectivity index (χ3v) is 7.46. The summed E-state index contributed by atoms with van der Waals surface area (Å²) in [5.74, 6) is -0.0650. The van der Waals surface area contributed by atoms with Gasteiger partial charge in [0.25, 0.3) is 5.56 Å². The van der Waals surface area contributed by atoms with Crippen molar-refractivity contribution in [1.29, 1.82) is 0 Å². The SMILES string of the molecule is CCS(=O)(=O)c1ccc(-n2cncn2)nc1-c1nc2cc(C(F)(F)F)n(C3CC3)c(=O)c2n1C. The van der Waals surface area contributed by atoms with Crippen molar-refractivity contribution in [2.24, 2.45) is 7.05 Å². The Morgan fingerprint density at radius 3 is 2.50 bits per heavy atom. The molecule has 1 saturated carbocycles. The lowest BCUT2D eigenvalue weighted by molar-refractivity contribution is -0.144. The lowest BCUT2D eigenvalue weighted by Crippen LogP contribution is -2.28. The molecule has 4 heterocycles. The van der Waals surface area contributed by atoms with Gasteiger partial charge in [-0.3, -0.25) is 9.36 Å². The van der Waals surface area contributed by atoms with Gasteiger partial charge in [-0.15, -0.1) is 0 Å². The zero-order chi connectivity index (χ0) is 24.4. The van der Waals surface area contributed by atoms with E-state index in [1.54, 1.807) is 0 Å². The molecule has 0 saturated heterocycles. The van der Waals surface area contributed by atoms with E-state index in [0.29, 0.717) is 12.8 Å². The molecule has 14 heteroatoms. The number of sulfone groups is 1. The van der Waals surface area contributed by atoms with Gasteiger partial charge in [0, 0.05) is 13.1 Å². The average Bonchev–Trinajstić information content (AvgIpc) is 3.35. The molecule has 1 aliphatic carbocycles. The molecule has 4 aromatic rings. The van der Waals surface area contributed by atoms with Crippen molar-refractivity contribution in [3.63, 3.8) is 0 Å². The van der Waals surface area contributed by atoms with Gasteiger partial charge < -0.3 is 4.57 Å². The van der Waals surface area contributed by atoms with Gasteiger partial charge in [0.1, 0.15) is 29.6 Å². The first kappa shape index (κ1) is 22.3. The molecule has 0 N–H and O–H groups in total. The molecule has 0 aromatic carbocycles. The second-order valence-corrected chi connectivity index (χ2v) is 10.2. The molecule has 10 nitrogen and oxygen atoms in total. The molecule has 0 unspecified atom stereocenters. The lowest BCUT2D eigenvalue weighted by atomic mass is 10.2. The molecule has 5 rings (SSSR count). The van der Waals surface area contributed by atoms with E-state index in [9.17, 15) is 26.4 Å². The molecule has 0 atom stereocenters. The molecule has 0 radical (unpaired) electrons. The summed E-state index contributed by atoms with van der Waals surface area (Å²) >= 11 is 0. The van der Waals surface area contributed by atoms with Crippen molar-refractivity contribution in [1.82, 2.24) is 33.9 Å². The van der Waals surface area contributed by atoms with Gasteiger partial charge in [0.05, 0.1) is 16.2 Å². The largest absolute Gasteiger partial charge is 0.431 e. The molecule has 0 spiro atoms. The van der Waals surface area contributed by atoms with Crippen LogP contribution < -0.4 is 5.56 Å². The first-order valence-corrected chi connectivity index (χ1v) is 12.0. The molecule has 4 aromatic heterocycles. The number of hydrogen-bond acceptors (Lipinski definition) is 7. The Bertz CT molecular complexity index is 1580. The van der Waals surface area contributed by atoms with E-state index in [1.807, 2.05) is 0 Å². The van der Waals surface area contributed by atoms with Crippen LogP contribution in [0.3, 0.4) is 0 Å². The summed E-state index contributed by atoms with van der Waals surface area (Å²) in [6, 6.07) is 3.07. The fourth-order valence-electron chi connectivity index (χ4n) is 3.88. The summed E-state index contributed by atoms with van der Waals surface area (Å²) in [7, 11) is -2.35. The maximum atomic E-state index is 13.7. The lowest BCUT2D eigenvalue weighted by Gasteiger charge is -2.15. The van der Waals surface area contributed by atoms with Gasteiger partial charge >= 0.3 is 6.18 Å². The van der Waals surface area contributed by atoms with E-state index in [4.69, 9.17) is 0 Å². The highest BCUT2D eigenvalue weighted by Crippen LogP contribution is 2.40. The highest BCUT2D eigenvalue weighted by Gasteiger charge is 2.40. The summed E-state index contributed by atoms with van der Waals surface area (Å²) in [6.07, 6.45) is -1.18. The van der Waals surface area contributed by atoms with Crippen molar-refractivity contribution < 1.29 is 21.6 Å². The summed E-state index contributed by atoms with van der Waals surface area (Å²) in [5, 5.41) is 3.98. The maximum Gasteiger partial charge on any atom is 0.431 e. The quantitative estimate of drug-likeness (QED) is 0.419. The van der Waals surface area contributed by atoms with E-state index in [0.717, 1.165) is 10.6 Å². The molecule has 34 heavy (non-hydrogen) atoms. The Kier molecular flexibility index (Phi) is 4.90. The molecular weight excluding hydrogens is 475 g/mol. The van der Waals surface area contributed by atoms with Gasteiger partial charge in [-0.1, -0.05) is 6.92 Å². The molecule has 1 fully saturated rings. The van der Waals surface area contributed by atoms with Crippen molar-refractivity contribution in [3.05, 3.63) is 46.9 Å². The van der Waals surface area contributed by atoms with Crippen LogP contribution in [0.1, 0.15) is 31.5 Å².